The van der Waals surface area contributed by atoms with Crippen LogP contribution in [0.4, 0.5) is 0 Å². The molecule has 0 aliphatic carbocycles. The highest BCUT2D eigenvalue weighted by Gasteiger charge is 2.35. The SMILES string of the molecule is NCCCOP(=O)(O)C(c1ccccc1)c1ccccc1. The van der Waals surface area contributed by atoms with E-state index in [1.165, 1.54) is 0 Å². The van der Waals surface area contributed by atoms with Crippen LogP contribution in [0.15, 0.2) is 60.7 Å². The fraction of sp³-hybridized carbons (Fsp3) is 0.250. The molecule has 0 radical (unpaired) electrons. The van der Waals surface area contributed by atoms with Crippen LogP contribution in [0, 0.1) is 0 Å². The standard InChI is InChI=1S/C16H20NO3P/c17-12-7-13-20-21(18,19)16(14-8-3-1-4-9-14)15-10-5-2-6-11-15/h1-6,8-11,16H,7,12-13,17H2,(H,18,19). The van der Waals surface area contributed by atoms with Gasteiger partial charge in [-0.25, -0.2) is 0 Å². The molecule has 0 heterocycles. The molecule has 112 valence electrons. The van der Waals surface area contributed by atoms with Crippen molar-refractivity contribution in [2.75, 3.05) is 13.2 Å². The highest BCUT2D eigenvalue weighted by atomic mass is 31.2. The van der Waals surface area contributed by atoms with E-state index in [0.717, 1.165) is 11.1 Å². The van der Waals surface area contributed by atoms with Crippen LogP contribution < -0.4 is 5.73 Å². The second kappa shape index (κ2) is 7.53. The van der Waals surface area contributed by atoms with Crippen molar-refractivity contribution in [3.05, 3.63) is 71.8 Å². The largest absolute Gasteiger partial charge is 0.339 e. The summed E-state index contributed by atoms with van der Waals surface area (Å²) in [5, 5.41) is 0. The molecule has 0 spiro atoms. The van der Waals surface area contributed by atoms with E-state index < -0.39 is 13.3 Å². The van der Waals surface area contributed by atoms with Crippen molar-refractivity contribution in [3.8, 4) is 0 Å². The average Bonchev–Trinajstić information content (AvgIpc) is 2.49. The van der Waals surface area contributed by atoms with Crippen LogP contribution in [0.25, 0.3) is 0 Å². The highest BCUT2D eigenvalue weighted by Crippen LogP contribution is 2.59. The minimum Gasteiger partial charge on any atom is -0.330 e. The Labute approximate surface area is 125 Å². The summed E-state index contributed by atoms with van der Waals surface area (Å²) in [5.41, 5.74) is 6.25. The monoisotopic (exact) mass is 305 g/mol. The smallest absolute Gasteiger partial charge is 0.330 e. The fourth-order valence-electron chi connectivity index (χ4n) is 2.19. The summed E-state index contributed by atoms with van der Waals surface area (Å²) >= 11 is 0. The summed E-state index contributed by atoms with van der Waals surface area (Å²) < 4.78 is 18.0. The van der Waals surface area contributed by atoms with Gasteiger partial charge in [-0.05, 0) is 24.1 Å². The zero-order chi connectivity index (χ0) is 15.1. The highest BCUT2D eigenvalue weighted by molar-refractivity contribution is 7.53. The van der Waals surface area contributed by atoms with Crippen molar-refractivity contribution in [3.63, 3.8) is 0 Å². The van der Waals surface area contributed by atoms with E-state index in [9.17, 15) is 9.46 Å². The molecule has 1 atom stereocenters. The van der Waals surface area contributed by atoms with Crippen LogP contribution in [0.1, 0.15) is 23.2 Å². The van der Waals surface area contributed by atoms with Gasteiger partial charge in [-0.1, -0.05) is 60.7 Å². The van der Waals surface area contributed by atoms with E-state index in [-0.39, 0.29) is 6.61 Å². The van der Waals surface area contributed by atoms with E-state index in [2.05, 4.69) is 0 Å². The van der Waals surface area contributed by atoms with E-state index in [4.69, 9.17) is 10.3 Å². The average molecular weight is 305 g/mol. The van der Waals surface area contributed by atoms with Crippen molar-refractivity contribution in [1.82, 2.24) is 0 Å². The van der Waals surface area contributed by atoms with Gasteiger partial charge < -0.3 is 15.2 Å². The second-order valence-corrected chi connectivity index (χ2v) is 6.67. The molecule has 0 aliphatic heterocycles. The van der Waals surface area contributed by atoms with Gasteiger partial charge in [0.15, 0.2) is 0 Å². The molecule has 1 unspecified atom stereocenters. The molecule has 5 heteroatoms. The van der Waals surface area contributed by atoms with Gasteiger partial charge >= 0.3 is 7.60 Å². The molecule has 0 saturated heterocycles. The van der Waals surface area contributed by atoms with Crippen LogP contribution in [-0.2, 0) is 9.09 Å². The predicted octanol–water partition coefficient (Wildman–Crippen LogP) is 3.33. The summed E-state index contributed by atoms with van der Waals surface area (Å²) in [5.74, 6) is 0. The topological polar surface area (TPSA) is 72.5 Å². The third-order valence-electron chi connectivity index (χ3n) is 3.18. The molecule has 2 aromatic carbocycles. The Kier molecular flexibility index (Phi) is 5.71. The van der Waals surface area contributed by atoms with Crippen LogP contribution >= 0.6 is 7.60 Å². The van der Waals surface area contributed by atoms with Gasteiger partial charge in [0.25, 0.3) is 0 Å². The van der Waals surface area contributed by atoms with Crippen molar-refractivity contribution in [1.29, 1.82) is 0 Å². The minimum atomic E-state index is -3.83. The van der Waals surface area contributed by atoms with E-state index in [1.807, 2.05) is 60.7 Å². The lowest BCUT2D eigenvalue weighted by molar-refractivity contribution is 0.252. The van der Waals surface area contributed by atoms with Crippen molar-refractivity contribution in [2.45, 2.75) is 12.1 Å². The van der Waals surface area contributed by atoms with Gasteiger partial charge in [0.05, 0.1) is 6.61 Å². The normalized spacial score (nSPS) is 14.0. The van der Waals surface area contributed by atoms with Gasteiger partial charge in [0.1, 0.15) is 5.66 Å². The molecule has 0 bridgehead atoms. The molecule has 0 fully saturated rings. The summed E-state index contributed by atoms with van der Waals surface area (Å²) in [6.07, 6.45) is 0.556. The molecule has 0 aliphatic rings. The summed E-state index contributed by atoms with van der Waals surface area (Å²) in [6.45, 7) is 0.613. The first-order valence-corrected chi connectivity index (χ1v) is 8.57. The number of benzene rings is 2. The van der Waals surface area contributed by atoms with Gasteiger partial charge in [0, 0.05) is 0 Å². The lowest BCUT2D eigenvalue weighted by Gasteiger charge is -2.23. The van der Waals surface area contributed by atoms with E-state index in [0.29, 0.717) is 13.0 Å². The maximum Gasteiger partial charge on any atom is 0.339 e. The fourth-order valence-corrected chi connectivity index (χ4v) is 3.83. The van der Waals surface area contributed by atoms with Gasteiger partial charge in [-0.2, -0.15) is 0 Å². The van der Waals surface area contributed by atoms with Gasteiger partial charge in [-0.3, -0.25) is 4.57 Å². The number of hydrogen-bond acceptors (Lipinski definition) is 3. The van der Waals surface area contributed by atoms with Crippen molar-refractivity contribution >= 4 is 7.60 Å². The van der Waals surface area contributed by atoms with Crippen LogP contribution in [0.2, 0.25) is 0 Å². The maximum absolute atomic E-state index is 12.7. The molecule has 2 aromatic rings. The number of hydrogen-bond donors (Lipinski definition) is 2. The maximum atomic E-state index is 12.7. The van der Waals surface area contributed by atoms with Gasteiger partial charge in [-0.15, -0.1) is 0 Å². The predicted molar refractivity (Wildman–Crippen MR) is 84.2 cm³/mol. The Bertz CT molecular complexity index is 549. The van der Waals surface area contributed by atoms with Crippen molar-refractivity contribution < 1.29 is 14.0 Å². The lowest BCUT2D eigenvalue weighted by atomic mass is 10.0. The van der Waals surface area contributed by atoms with E-state index in [1.54, 1.807) is 0 Å². The van der Waals surface area contributed by atoms with Crippen LogP contribution in [0.5, 0.6) is 0 Å². The second-order valence-electron chi connectivity index (χ2n) is 4.76. The zero-order valence-electron chi connectivity index (χ0n) is 11.8. The Balaban J connectivity index is 2.35. The summed E-state index contributed by atoms with van der Waals surface area (Å²) in [7, 11) is -3.83. The number of nitrogens with two attached hydrogens (primary N) is 1. The molecule has 0 amide bonds. The molecule has 3 N–H and O–H groups in total. The molecule has 0 saturated carbocycles. The molecule has 2 rings (SSSR count). The first-order chi connectivity index (χ1) is 10.1. The quantitative estimate of drug-likeness (QED) is 0.608. The Morgan fingerprint density at radius 3 is 1.90 bits per heavy atom. The Hall–Kier alpha value is -1.45. The first-order valence-electron chi connectivity index (χ1n) is 6.92. The molecular weight excluding hydrogens is 285 g/mol. The summed E-state index contributed by atoms with van der Waals surface area (Å²) in [4.78, 5) is 10.4. The van der Waals surface area contributed by atoms with E-state index >= 15 is 0 Å². The third-order valence-corrected chi connectivity index (χ3v) is 4.98. The van der Waals surface area contributed by atoms with Crippen LogP contribution in [0.3, 0.4) is 0 Å². The number of rotatable bonds is 7. The molecule has 0 aromatic heterocycles. The molecular formula is C16H20NO3P. The first kappa shape index (κ1) is 15.9. The Morgan fingerprint density at radius 1 is 1.00 bits per heavy atom. The van der Waals surface area contributed by atoms with Gasteiger partial charge in [0.2, 0.25) is 0 Å². The van der Waals surface area contributed by atoms with Crippen molar-refractivity contribution in [2.24, 2.45) is 5.73 Å². The molecule has 21 heavy (non-hydrogen) atoms. The Morgan fingerprint density at radius 2 is 1.48 bits per heavy atom. The summed E-state index contributed by atoms with van der Waals surface area (Å²) in [6, 6.07) is 18.5. The molecule has 4 nitrogen and oxygen atoms in total. The zero-order valence-corrected chi connectivity index (χ0v) is 12.7. The third kappa shape index (κ3) is 4.26. The van der Waals surface area contributed by atoms with Crippen LogP contribution in [-0.4, -0.2) is 18.0 Å². The minimum absolute atomic E-state index is 0.181. The lowest BCUT2D eigenvalue weighted by Crippen LogP contribution is -2.08.